The molecule has 0 radical (unpaired) electrons. The highest BCUT2D eigenvalue weighted by atomic mass is 16.2. The third kappa shape index (κ3) is 8.42. The Bertz CT molecular complexity index is 998. The molecule has 7 nitrogen and oxygen atoms in total. The summed E-state index contributed by atoms with van der Waals surface area (Å²) in [4.78, 5) is 43.1. The van der Waals surface area contributed by atoms with Crippen molar-refractivity contribution in [3.63, 3.8) is 0 Å². The van der Waals surface area contributed by atoms with Gasteiger partial charge in [0, 0.05) is 32.1 Å². The average molecular weight is 507 g/mol. The second-order valence-electron chi connectivity index (χ2n) is 9.85. The van der Waals surface area contributed by atoms with Gasteiger partial charge in [-0.25, -0.2) is 0 Å². The second-order valence-corrected chi connectivity index (χ2v) is 9.85. The van der Waals surface area contributed by atoms with Gasteiger partial charge in [0.25, 0.3) is 0 Å². The Hall–Kier alpha value is -3.19. The zero-order chi connectivity index (χ0) is 26.6. The van der Waals surface area contributed by atoms with Crippen molar-refractivity contribution < 1.29 is 14.4 Å². The van der Waals surface area contributed by atoms with Crippen LogP contribution in [0.25, 0.3) is 0 Å². The lowest BCUT2D eigenvalue weighted by atomic mass is 10.0. The fraction of sp³-hybridized carbons (Fsp3) is 0.500. The maximum Gasteiger partial charge on any atom is 0.245 e. The summed E-state index contributed by atoms with van der Waals surface area (Å²) < 4.78 is 0. The van der Waals surface area contributed by atoms with Gasteiger partial charge in [0.05, 0.1) is 6.04 Å². The number of likely N-dealkylation sites (N-methyl/N-ethyl adjacent to an activating group) is 1. The number of aryl methyl sites for hydroxylation is 1. The molecule has 0 unspecified atom stereocenters. The number of nitrogens with one attached hydrogen (secondary N) is 2. The number of carbonyl (C=O) groups is 3. The molecular formula is C30H42N4O3. The number of hydrogen-bond acceptors (Lipinski definition) is 4. The minimum absolute atomic E-state index is 0.0448. The van der Waals surface area contributed by atoms with E-state index < -0.39 is 12.1 Å². The summed E-state index contributed by atoms with van der Waals surface area (Å²) >= 11 is 0. The molecule has 2 N–H and O–H groups in total. The Morgan fingerprint density at radius 2 is 1.62 bits per heavy atom. The van der Waals surface area contributed by atoms with Crippen molar-refractivity contribution in [3.05, 3.63) is 71.8 Å². The Labute approximate surface area is 221 Å². The first-order valence-electron chi connectivity index (χ1n) is 13.6. The third-order valence-corrected chi connectivity index (χ3v) is 7.27. The van der Waals surface area contributed by atoms with Crippen LogP contribution in [0, 0.1) is 0 Å². The minimum Gasteiger partial charge on any atom is -0.343 e. The summed E-state index contributed by atoms with van der Waals surface area (Å²) in [6.45, 7) is 5.47. The highest BCUT2D eigenvalue weighted by Gasteiger charge is 2.35. The van der Waals surface area contributed by atoms with Gasteiger partial charge in [-0.1, -0.05) is 67.6 Å². The van der Waals surface area contributed by atoms with E-state index in [1.165, 1.54) is 5.56 Å². The number of likely N-dealkylation sites (tertiary alicyclic amines) is 1. The zero-order valence-electron chi connectivity index (χ0n) is 22.5. The average Bonchev–Trinajstić information content (AvgIpc) is 3.41. The molecule has 0 aliphatic carbocycles. The zero-order valence-corrected chi connectivity index (χ0v) is 22.5. The van der Waals surface area contributed by atoms with Gasteiger partial charge < -0.3 is 20.4 Å². The van der Waals surface area contributed by atoms with E-state index in [2.05, 4.69) is 22.8 Å². The molecular weight excluding hydrogens is 464 g/mol. The molecule has 1 fully saturated rings. The van der Waals surface area contributed by atoms with Crippen molar-refractivity contribution in [2.75, 3.05) is 26.7 Å². The predicted octanol–water partition coefficient (Wildman–Crippen LogP) is 3.18. The first-order valence-corrected chi connectivity index (χ1v) is 13.6. The van der Waals surface area contributed by atoms with Crippen molar-refractivity contribution in [2.24, 2.45) is 0 Å². The molecule has 3 amide bonds. The fourth-order valence-electron chi connectivity index (χ4n) is 4.86. The van der Waals surface area contributed by atoms with Gasteiger partial charge in [-0.3, -0.25) is 14.4 Å². The molecule has 0 spiro atoms. The lowest BCUT2D eigenvalue weighted by Crippen LogP contribution is -2.55. The molecule has 1 aliphatic heterocycles. The van der Waals surface area contributed by atoms with Gasteiger partial charge in [0.15, 0.2) is 0 Å². The Kier molecular flexibility index (Phi) is 11.1. The van der Waals surface area contributed by atoms with Crippen molar-refractivity contribution in [3.8, 4) is 0 Å². The first-order chi connectivity index (χ1) is 17.9. The largest absolute Gasteiger partial charge is 0.343 e. The molecule has 1 heterocycles. The van der Waals surface area contributed by atoms with Crippen LogP contribution in [0.5, 0.6) is 0 Å². The van der Waals surface area contributed by atoms with E-state index in [-0.39, 0.29) is 23.8 Å². The van der Waals surface area contributed by atoms with E-state index >= 15 is 0 Å². The summed E-state index contributed by atoms with van der Waals surface area (Å²) in [5, 5.41) is 5.95. The normalized spacial score (nSPS) is 16.7. The van der Waals surface area contributed by atoms with Crippen LogP contribution in [-0.2, 0) is 27.2 Å². The van der Waals surface area contributed by atoms with Crippen LogP contribution in [0.15, 0.2) is 60.7 Å². The number of nitrogens with zero attached hydrogens (tertiary/aromatic N) is 2. The number of hydrogen-bond donors (Lipinski definition) is 2. The summed E-state index contributed by atoms with van der Waals surface area (Å²) in [6.07, 6.45) is 4.20. The highest BCUT2D eigenvalue weighted by Crippen LogP contribution is 2.21. The van der Waals surface area contributed by atoms with E-state index in [1.807, 2.05) is 65.3 Å². The highest BCUT2D eigenvalue weighted by molar-refractivity contribution is 5.90. The van der Waals surface area contributed by atoms with Crippen LogP contribution in [0.1, 0.15) is 50.7 Å². The van der Waals surface area contributed by atoms with Crippen LogP contribution in [0.4, 0.5) is 0 Å². The van der Waals surface area contributed by atoms with Crippen molar-refractivity contribution in [2.45, 2.75) is 70.5 Å². The number of amides is 3. The number of rotatable bonds is 13. The summed E-state index contributed by atoms with van der Waals surface area (Å²) in [7, 11) is 1.73. The van der Waals surface area contributed by atoms with E-state index in [0.29, 0.717) is 38.9 Å². The van der Waals surface area contributed by atoms with Crippen molar-refractivity contribution in [1.82, 2.24) is 20.4 Å². The molecule has 3 atom stereocenters. The smallest absolute Gasteiger partial charge is 0.245 e. The SMILES string of the molecule is CCC(=O)N(CCc1ccccc1)C[C@@H]1CCCN1C(=O)[C@H](CCc1ccccc1)NC(=O)[C@H](C)NC. The number of benzene rings is 2. The molecule has 0 aromatic heterocycles. The van der Waals surface area contributed by atoms with Gasteiger partial charge in [-0.2, -0.15) is 0 Å². The van der Waals surface area contributed by atoms with E-state index in [9.17, 15) is 14.4 Å². The van der Waals surface area contributed by atoms with E-state index in [4.69, 9.17) is 0 Å². The Morgan fingerprint density at radius 1 is 1.00 bits per heavy atom. The van der Waals surface area contributed by atoms with E-state index in [1.54, 1.807) is 14.0 Å². The fourth-order valence-corrected chi connectivity index (χ4v) is 4.86. The van der Waals surface area contributed by atoms with Crippen LogP contribution in [0.2, 0.25) is 0 Å². The van der Waals surface area contributed by atoms with Crippen LogP contribution in [0.3, 0.4) is 0 Å². The summed E-state index contributed by atoms with van der Waals surface area (Å²) in [5.74, 6) is -0.135. The predicted molar refractivity (Wildman–Crippen MR) is 147 cm³/mol. The molecule has 0 saturated carbocycles. The Morgan fingerprint density at radius 3 is 2.22 bits per heavy atom. The number of carbonyl (C=O) groups excluding carboxylic acids is 3. The van der Waals surface area contributed by atoms with Gasteiger partial charge in [-0.15, -0.1) is 0 Å². The van der Waals surface area contributed by atoms with Crippen LogP contribution in [-0.4, -0.2) is 72.3 Å². The van der Waals surface area contributed by atoms with Crippen LogP contribution >= 0.6 is 0 Å². The van der Waals surface area contributed by atoms with Crippen LogP contribution < -0.4 is 10.6 Å². The maximum absolute atomic E-state index is 13.8. The Balaban J connectivity index is 1.70. The van der Waals surface area contributed by atoms with Gasteiger partial charge in [0.1, 0.15) is 6.04 Å². The molecule has 37 heavy (non-hydrogen) atoms. The van der Waals surface area contributed by atoms with Gasteiger partial charge >= 0.3 is 0 Å². The van der Waals surface area contributed by atoms with E-state index in [0.717, 1.165) is 24.8 Å². The molecule has 2 aromatic rings. The lowest BCUT2D eigenvalue weighted by Gasteiger charge is -2.33. The third-order valence-electron chi connectivity index (χ3n) is 7.27. The first kappa shape index (κ1) is 28.4. The summed E-state index contributed by atoms with van der Waals surface area (Å²) in [6, 6.07) is 19.1. The molecule has 2 aromatic carbocycles. The molecule has 200 valence electrons. The van der Waals surface area contributed by atoms with Gasteiger partial charge in [-0.05, 0) is 57.2 Å². The molecule has 1 saturated heterocycles. The monoisotopic (exact) mass is 506 g/mol. The summed E-state index contributed by atoms with van der Waals surface area (Å²) in [5.41, 5.74) is 2.33. The molecule has 3 rings (SSSR count). The van der Waals surface area contributed by atoms with Crippen molar-refractivity contribution in [1.29, 1.82) is 0 Å². The van der Waals surface area contributed by atoms with Crippen molar-refractivity contribution >= 4 is 17.7 Å². The molecule has 0 bridgehead atoms. The topological polar surface area (TPSA) is 81.8 Å². The lowest BCUT2D eigenvalue weighted by molar-refractivity contribution is -0.139. The maximum atomic E-state index is 13.8. The molecule has 7 heteroatoms. The quantitative estimate of drug-likeness (QED) is 0.437. The standard InChI is InChI=1S/C30H42N4O3/c1-4-28(35)33(21-19-25-14-9-6-10-15-25)22-26-16-11-20-34(26)30(37)27(32-29(36)23(2)31-3)18-17-24-12-7-5-8-13-24/h5-10,12-15,23,26-27,31H,4,11,16-22H2,1-3H3,(H,32,36)/t23-,26-,27-/m0/s1. The van der Waals surface area contributed by atoms with Gasteiger partial charge in [0.2, 0.25) is 17.7 Å². The minimum atomic E-state index is -0.608. The second kappa shape index (κ2) is 14.5. The molecule has 1 aliphatic rings.